The van der Waals surface area contributed by atoms with Gasteiger partial charge in [0.1, 0.15) is 0 Å². The Kier molecular flexibility index (Phi) is 5.21. The number of nitrogens with zero attached hydrogens (tertiary/aromatic N) is 1. The van der Waals surface area contributed by atoms with Crippen LogP contribution in [-0.4, -0.2) is 42.8 Å². The van der Waals surface area contributed by atoms with Crippen LogP contribution in [0.4, 0.5) is 0 Å². The Morgan fingerprint density at radius 2 is 1.88 bits per heavy atom. The average molecular weight is 249 g/mol. The van der Waals surface area contributed by atoms with Crippen LogP contribution in [0.3, 0.4) is 0 Å². The summed E-state index contributed by atoms with van der Waals surface area (Å²) in [5.74, 6) is 0.316. The molecule has 1 aliphatic carbocycles. The minimum Gasteiger partial charge on any atom is -0.395 e. The fourth-order valence-corrected chi connectivity index (χ4v) is 4.42. The summed E-state index contributed by atoms with van der Waals surface area (Å²) in [6.07, 6.45) is 4.09. The molecule has 0 bridgehead atoms. The first kappa shape index (κ1) is 13.9. The first-order valence-electron chi connectivity index (χ1n) is 6.07. The van der Waals surface area contributed by atoms with Gasteiger partial charge in [0.25, 0.3) is 0 Å². The molecule has 0 aromatic rings. The molecular formula is C11H23NO3S. The van der Waals surface area contributed by atoms with Crippen LogP contribution in [0.25, 0.3) is 0 Å². The summed E-state index contributed by atoms with van der Waals surface area (Å²) in [6, 6.07) is 0.121. The van der Waals surface area contributed by atoms with Crippen LogP contribution in [-0.2, 0) is 10.0 Å². The molecule has 0 amide bonds. The zero-order chi connectivity index (χ0) is 12.2. The Bertz CT molecular complexity index is 294. The molecule has 0 spiro atoms. The van der Waals surface area contributed by atoms with Crippen LogP contribution in [0.1, 0.15) is 39.5 Å². The van der Waals surface area contributed by atoms with Crippen molar-refractivity contribution in [2.75, 3.05) is 18.9 Å². The molecule has 96 valence electrons. The summed E-state index contributed by atoms with van der Waals surface area (Å²) >= 11 is 0. The zero-order valence-corrected chi connectivity index (χ0v) is 11.0. The minimum atomic E-state index is -3.19. The standard InChI is InChI=1S/C11H23NO3S/c1-10(2)9-16(14,15)12(7-8-13)11-5-3-4-6-11/h10-11,13H,3-9H2,1-2H3. The van der Waals surface area contributed by atoms with E-state index in [0.29, 0.717) is 0 Å². The van der Waals surface area contributed by atoms with Crippen molar-refractivity contribution in [3.63, 3.8) is 0 Å². The van der Waals surface area contributed by atoms with E-state index in [4.69, 9.17) is 5.11 Å². The minimum absolute atomic E-state index is 0.0895. The Morgan fingerprint density at radius 3 is 2.31 bits per heavy atom. The van der Waals surface area contributed by atoms with Gasteiger partial charge < -0.3 is 5.11 Å². The molecule has 5 heteroatoms. The number of sulfonamides is 1. The van der Waals surface area contributed by atoms with Gasteiger partial charge in [-0.05, 0) is 18.8 Å². The summed E-state index contributed by atoms with van der Waals surface area (Å²) in [4.78, 5) is 0. The van der Waals surface area contributed by atoms with E-state index in [0.717, 1.165) is 25.7 Å². The number of hydrogen-bond acceptors (Lipinski definition) is 3. The summed E-state index contributed by atoms with van der Waals surface area (Å²) in [6.45, 7) is 3.97. The molecule has 4 nitrogen and oxygen atoms in total. The second kappa shape index (κ2) is 5.98. The number of hydrogen-bond donors (Lipinski definition) is 1. The maximum Gasteiger partial charge on any atom is 0.214 e. The lowest BCUT2D eigenvalue weighted by Crippen LogP contribution is -2.42. The second-order valence-electron chi connectivity index (χ2n) is 4.95. The van der Waals surface area contributed by atoms with E-state index >= 15 is 0 Å². The summed E-state index contributed by atoms with van der Waals surface area (Å²) in [5, 5.41) is 8.99. The smallest absolute Gasteiger partial charge is 0.214 e. The highest BCUT2D eigenvalue weighted by atomic mass is 32.2. The Hall–Kier alpha value is -0.130. The van der Waals surface area contributed by atoms with Crippen molar-refractivity contribution in [2.24, 2.45) is 5.92 Å². The van der Waals surface area contributed by atoms with Gasteiger partial charge in [0.15, 0.2) is 0 Å². The lowest BCUT2D eigenvalue weighted by Gasteiger charge is -2.28. The van der Waals surface area contributed by atoms with Crippen molar-refractivity contribution in [1.29, 1.82) is 0 Å². The molecule has 0 unspecified atom stereocenters. The van der Waals surface area contributed by atoms with E-state index in [1.807, 2.05) is 13.8 Å². The van der Waals surface area contributed by atoms with Crippen LogP contribution >= 0.6 is 0 Å². The van der Waals surface area contributed by atoms with Crippen molar-refractivity contribution < 1.29 is 13.5 Å². The lowest BCUT2D eigenvalue weighted by atomic mass is 10.2. The molecule has 1 N–H and O–H groups in total. The van der Waals surface area contributed by atoms with E-state index in [9.17, 15) is 8.42 Å². The molecule has 1 fully saturated rings. The molecule has 1 aliphatic rings. The highest BCUT2D eigenvalue weighted by Gasteiger charge is 2.31. The average Bonchev–Trinajstić information content (AvgIpc) is 2.64. The highest BCUT2D eigenvalue weighted by molar-refractivity contribution is 7.89. The predicted octanol–water partition coefficient (Wildman–Crippen LogP) is 1.21. The third-order valence-electron chi connectivity index (χ3n) is 2.95. The molecule has 16 heavy (non-hydrogen) atoms. The van der Waals surface area contributed by atoms with Crippen LogP contribution in [0.5, 0.6) is 0 Å². The summed E-state index contributed by atoms with van der Waals surface area (Å²) < 4.78 is 25.8. The molecule has 0 aromatic heterocycles. The topological polar surface area (TPSA) is 57.6 Å². The fraction of sp³-hybridized carbons (Fsp3) is 1.00. The van der Waals surface area contributed by atoms with Gasteiger partial charge in [-0.15, -0.1) is 0 Å². The summed E-state index contributed by atoms with van der Waals surface area (Å²) in [5.41, 5.74) is 0. The van der Waals surface area contributed by atoms with Crippen LogP contribution in [0, 0.1) is 5.92 Å². The van der Waals surface area contributed by atoms with Gasteiger partial charge in [-0.25, -0.2) is 8.42 Å². The normalized spacial score (nSPS) is 18.8. The molecule has 1 saturated carbocycles. The van der Waals surface area contributed by atoms with Gasteiger partial charge in [-0.2, -0.15) is 4.31 Å². The molecule has 0 aliphatic heterocycles. The SMILES string of the molecule is CC(C)CS(=O)(=O)N(CCO)C1CCCC1. The summed E-state index contributed by atoms with van der Waals surface area (Å²) in [7, 11) is -3.19. The maximum atomic E-state index is 12.1. The molecule has 1 rings (SSSR count). The molecule has 0 radical (unpaired) electrons. The fourth-order valence-electron chi connectivity index (χ4n) is 2.36. The Labute approximate surface area is 98.7 Å². The number of rotatable bonds is 6. The predicted molar refractivity (Wildman–Crippen MR) is 64.7 cm³/mol. The maximum absolute atomic E-state index is 12.1. The van der Waals surface area contributed by atoms with Crippen molar-refractivity contribution in [3.05, 3.63) is 0 Å². The van der Waals surface area contributed by atoms with Crippen LogP contribution in [0.15, 0.2) is 0 Å². The van der Waals surface area contributed by atoms with Crippen molar-refractivity contribution in [1.82, 2.24) is 4.31 Å². The Balaban J connectivity index is 2.75. The molecule has 0 atom stereocenters. The van der Waals surface area contributed by atoms with Crippen molar-refractivity contribution in [2.45, 2.75) is 45.6 Å². The van der Waals surface area contributed by atoms with Gasteiger partial charge in [0.05, 0.1) is 12.4 Å². The Morgan fingerprint density at radius 1 is 1.31 bits per heavy atom. The quantitative estimate of drug-likeness (QED) is 0.770. The van der Waals surface area contributed by atoms with E-state index < -0.39 is 10.0 Å². The van der Waals surface area contributed by atoms with Gasteiger partial charge in [-0.3, -0.25) is 0 Å². The molecular weight excluding hydrogens is 226 g/mol. The largest absolute Gasteiger partial charge is 0.395 e. The van der Waals surface area contributed by atoms with Crippen LogP contribution in [0.2, 0.25) is 0 Å². The first-order chi connectivity index (χ1) is 7.47. The van der Waals surface area contributed by atoms with Crippen LogP contribution < -0.4 is 0 Å². The first-order valence-corrected chi connectivity index (χ1v) is 7.68. The van der Waals surface area contributed by atoms with E-state index in [1.165, 1.54) is 4.31 Å². The molecule has 0 aromatic carbocycles. The van der Waals surface area contributed by atoms with E-state index in [-0.39, 0.29) is 30.9 Å². The molecule has 0 saturated heterocycles. The number of aliphatic hydroxyl groups is 1. The zero-order valence-electron chi connectivity index (χ0n) is 10.2. The van der Waals surface area contributed by atoms with Gasteiger partial charge in [0, 0.05) is 12.6 Å². The molecule has 0 heterocycles. The lowest BCUT2D eigenvalue weighted by molar-refractivity contribution is 0.226. The highest BCUT2D eigenvalue weighted by Crippen LogP contribution is 2.26. The second-order valence-corrected chi connectivity index (χ2v) is 6.91. The van der Waals surface area contributed by atoms with Gasteiger partial charge >= 0.3 is 0 Å². The third kappa shape index (κ3) is 3.71. The van der Waals surface area contributed by atoms with Crippen molar-refractivity contribution >= 4 is 10.0 Å². The monoisotopic (exact) mass is 249 g/mol. The number of aliphatic hydroxyl groups excluding tert-OH is 1. The third-order valence-corrected chi connectivity index (χ3v) is 5.24. The van der Waals surface area contributed by atoms with Crippen molar-refractivity contribution in [3.8, 4) is 0 Å². The van der Waals surface area contributed by atoms with Gasteiger partial charge in [0.2, 0.25) is 10.0 Å². The van der Waals surface area contributed by atoms with E-state index in [2.05, 4.69) is 0 Å². The van der Waals surface area contributed by atoms with E-state index in [1.54, 1.807) is 0 Å². The van der Waals surface area contributed by atoms with Gasteiger partial charge in [-0.1, -0.05) is 26.7 Å².